The van der Waals surface area contributed by atoms with Gasteiger partial charge in [0.2, 0.25) is 0 Å². The van der Waals surface area contributed by atoms with E-state index in [0.29, 0.717) is 12.0 Å². The summed E-state index contributed by atoms with van der Waals surface area (Å²) in [7, 11) is 1.74. The Labute approximate surface area is 110 Å². The quantitative estimate of drug-likeness (QED) is 0.892. The average molecular weight is 250 g/mol. The maximum atomic E-state index is 5.01. The number of nitrogens with one attached hydrogen (secondary N) is 1. The molecule has 1 aromatic rings. The zero-order valence-electron chi connectivity index (χ0n) is 12.4. The van der Waals surface area contributed by atoms with Crippen LogP contribution in [-0.4, -0.2) is 23.4 Å². The first kappa shape index (κ1) is 16.6. The number of aromatic nitrogens is 2. The molecule has 0 saturated heterocycles. The van der Waals surface area contributed by atoms with E-state index < -0.39 is 0 Å². The molecule has 1 N–H and O–H groups in total. The number of rotatable bonds is 3. The predicted octanol–water partition coefficient (Wildman–Crippen LogP) is 2.16. The van der Waals surface area contributed by atoms with Gasteiger partial charge in [0.25, 0.3) is 0 Å². The van der Waals surface area contributed by atoms with Crippen LogP contribution in [0.25, 0.3) is 12.2 Å². The third-order valence-corrected chi connectivity index (χ3v) is 2.91. The van der Waals surface area contributed by atoms with E-state index in [4.69, 9.17) is 4.74 Å². The Morgan fingerprint density at radius 2 is 1.94 bits per heavy atom. The lowest BCUT2D eigenvalue weighted by Crippen LogP contribution is -2.23. The molecule has 0 aliphatic rings. The van der Waals surface area contributed by atoms with Crippen LogP contribution in [0.3, 0.4) is 0 Å². The van der Waals surface area contributed by atoms with E-state index in [1.54, 1.807) is 13.2 Å². The molecule has 1 atom stereocenters. The third kappa shape index (κ3) is 5.32. The van der Waals surface area contributed by atoms with Gasteiger partial charge in [-0.25, -0.2) is 0 Å². The molecule has 0 bridgehead atoms. The van der Waals surface area contributed by atoms with E-state index >= 15 is 0 Å². The van der Waals surface area contributed by atoms with Crippen LogP contribution in [-0.2, 0) is 4.74 Å². The van der Waals surface area contributed by atoms with Gasteiger partial charge in [-0.1, -0.05) is 32.6 Å². The lowest BCUT2D eigenvalue weighted by atomic mass is 10.1. The molecule has 1 heterocycles. The van der Waals surface area contributed by atoms with Crippen LogP contribution < -0.4 is 10.6 Å². The maximum Gasteiger partial charge on any atom is 0.0666 e. The number of allylic oxidation sites excluding steroid dienone is 1. The zero-order valence-corrected chi connectivity index (χ0v) is 12.4. The van der Waals surface area contributed by atoms with E-state index in [0.717, 1.165) is 16.3 Å². The second-order valence-electron chi connectivity index (χ2n) is 4.51. The third-order valence-electron chi connectivity index (χ3n) is 2.91. The van der Waals surface area contributed by atoms with Crippen LogP contribution in [0, 0.1) is 12.8 Å². The van der Waals surface area contributed by atoms with Crippen molar-refractivity contribution in [2.75, 3.05) is 7.11 Å². The number of aryl methyl sites for hydroxylation is 1. The van der Waals surface area contributed by atoms with Crippen molar-refractivity contribution in [3.8, 4) is 0 Å². The van der Waals surface area contributed by atoms with Gasteiger partial charge in [0, 0.05) is 12.3 Å². The summed E-state index contributed by atoms with van der Waals surface area (Å²) in [5, 5.41) is 9.17. The maximum absolute atomic E-state index is 5.01. The van der Waals surface area contributed by atoms with E-state index in [1.807, 2.05) is 26.0 Å². The van der Waals surface area contributed by atoms with Gasteiger partial charge in [-0.3, -0.25) is 5.10 Å². The van der Waals surface area contributed by atoms with Gasteiger partial charge in [0.15, 0.2) is 0 Å². The van der Waals surface area contributed by atoms with Crippen molar-refractivity contribution >= 4 is 12.2 Å². The highest BCUT2D eigenvalue weighted by Crippen LogP contribution is 2.01. The van der Waals surface area contributed by atoms with Gasteiger partial charge in [0.05, 0.1) is 17.1 Å². The molecule has 0 aliphatic heterocycles. The van der Waals surface area contributed by atoms with E-state index in [-0.39, 0.29) is 0 Å². The Kier molecular flexibility index (Phi) is 8.05. The van der Waals surface area contributed by atoms with Crippen LogP contribution in [0.4, 0.5) is 0 Å². The summed E-state index contributed by atoms with van der Waals surface area (Å²) in [5.41, 5.74) is 1.03. The zero-order chi connectivity index (χ0) is 14.1. The Balaban J connectivity index is 0.000000360. The molecule has 1 aromatic heterocycles. The minimum Gasteiger partial charge on any atom is -0.381 e. The molecular weight excluding hydrogens is 224 g/mol. The SMILES string of the molecule is C=C/C=c1/[nH]nc(C)/c1=C/C.COC(C)C(C)C. The normalized spacial score (nSPS) is 14.4. The second-order valence-corrected chi connectivity index (χ2v) is 4.51. The summed E-state index contributed by atoms with van der Waals surface area (Å²) >= 11 is 0. The number of nitrogens with zero attached hydrogens (tertiary/aromatic N) is 1. The Morgan fingerprint density at radius 3 is 2.28 bits per heavy atom. The largest absolute Gasteiger partial charge is 0.381 e. The molecule has 0 saturated carbocycles. The summed E-state index contributed by atoms with van der Waals surface area (Å²) < 4.78 is 5.01. The van der Waals surface area contributed by atoms with Crippen molar-refractivity contribution in [1.82, 2.24) is 10.2 Å². The van der Waals surface area contributed by atoms with Crippen molar-refractivity contribution in [3.05, 3.63) is 28.9 Å². The van der Waals surface area contributed by atoms with Crippen LogP contribution in [0.1, 0.15) is 33.4 Å². The molecule has 102 valence electrons. The Morgan fingerprint density at radius 1 is 1.33 bits per heavy atom. The van der Waals surface area contributed by atoms with Crippen molar-refractivity contribution in [2.45, 2.75) is 40.7 Å². The Bertz CT molecular complexity index is 457. The van der Waals surface area contributed by atoms with Crippen molar-refractivity contribution in [2.24, 2.45) is 5.92 Å². The van der Waals surface area contributed by atoms with Crippen LogP contribution in [0.5, 0.6) is 0 Å². The average Bonchev–Trinajstić information content (AvgIpc) is 2.70. The highest BCUT2D eigenvalue weighted by molar-refractivity contribution is 5.36. The molecule has 0 radical (unpaired) electrons. The van der Waals surface area contributed by atoms with Crippen molar-refractivity contribution in [1.29, 1.82) is 0 Å². The standard InChI is InChI=1S/C9H12N2.C6H14O/c1-4-6-9-8(5-2)7(3)10-11-9;1-5(2)6(3)7-4/h4-6,11H,1H2,2-3H3;5-6H,1-4H3/b8-5-,9-6+;. The predicted molar refractivity (Wildman–Crippen MR) is 78.7 cm³/mol. The van der Waals surface area contributed by atoms with Gasteiger partial charge < -0.3 is 4.74 Å². The molecule has 1 unspecified atom stereocenters. The smallest absolute Gasteiger partial charge is 0.0666 e. The summed E-state index contributed by atoms with van der Waals surface area (Å²) in [6.45, 7) is 14.0. The van der Waals surface area contributed by atoms with E-state index in [9.17, 15) is 0 Å². The monoisotopic (exact) mass is 250 g/mol. The van der Waals surface area contributed by atoms with Gasteiger partial charge in [-0.15, -0.1) is 0 Å². The molecule has 0 aromatic carbocycles. The van der Waals surface area contributed by atoms with Gasteiger partial charge in [-0.05, 0) is 32.8 Å². The molecule has 0 spiro atoms. The van der Waals surface area contributed by atoms with Crippen LogP contribution >= 0.6 is 0 Å². The van der Waals surface area contributed by atoms with E-state index in [2.05, 4.69) is 37.5 Å². The minimum absolute atomic E-state index is 0.403. The lowest BCUT2D eigenvalue weighted by Gasteiger charge is -2.11. The topological polar surface area (TPSA) is 37.9 Å². The molecule has 1 rings (SSSR count). The number of aromatic amines is 1. The highest BCUT2D eigenvalue weighted by Gasteiger charge is 2.01. The number of H-pyrrole nitrogens is 1. The molecule has 3 nitrogen and oxygen atoms in total. The molecule has 3 heteroatoms. The molecular formula is C15H26N2O. The van der Waals surface area contributed by atoms with E-state index in [1.165, 1.54) is 0 Å². The second kappa shape index (κ2) is 8.70. The fraction of sp³-hybridized carbons (Fsp3) is 0.533. The van der Waals surface area contributed by atoms with Gasteiger partial charge in [0.1, 0.15) is 0 Å². The Hall–Kier alpha value is -1.35. The fourth-order valence-corrected chi connectivity index (χ4v) is 1.34. The molecule has 0 amide bonds. The number of methoxy groups -OCH3 is 1. The molecule has 0 aliphatic carbocycles. The van der Waals surface area contributed by atoms with Gasteiger partial charge in [-0.2, -0.15) is 5.10 Å². The van der Waals surface area contributed by atoms with Crippen LogP contribution in [0.15, 0.2) is 12.7 Å². The van der Waals surface area contributed by atoms with Crippen molar-refractivity contribution < 1.29 is 4.74 Å². The first-order valence-corrected chi connectivity index (χ1v) is 6.30. The summed E-state index contributed by atoms with van der Waals surface area (Å²) in [4.78, 5) is 0. The summed E-state index contributed by atoms with van der Waals surface area (Å²) in [5.74, 6) is 0.644. The molecule has 18 heavy (non-hydrogen) atoms. The fourth-order valence-electron chi connectivity index (χ4n) is 1.34. The first-order valence-electron chi connectivity index (χ1n) is 6.30. The number of hydrogen-bond donors (Lipinski definition) is 1. The lowest BCUT2D eigenvalue weighted by molar-refractivity contribution is 0.0805. The van der Waals surface area contributed by atoms with Gasteiger partial charge >= 0.3 is 0 Å². The minimum atomic E-state index is 0.403. The summed E-state index contributed by atoms with van der Waals surface area (Å²) in [6.07, 6.45) is 6.10. The van der Waals surface area contributed by atoms with Crippen molar-refractivity contribution in [3.63, 3.8) is 0 Å². The highest BCUT2D eigenvalue weighted by atomic mass is 16.5. The van der Waals surface area contributed by atoms with Crippen LogP contribution in [0.2, 0.25) is 0 Å². The number of hydrogen-bond acceptors (Lipinski definition) is 2. The summed E-state index contributed by atoms with van der Waals surface area (Å²) in [6, 6.07) is 0. The molecule has 0 fully saturated rings. The first-order chi connectivity index (χ1) is 8.47. The number of ether oxygens (including phenoxy) is 1.